The van der Waals surface area contributed by atoms with Crippen LogP contribution in [-0.2, 0) is 24.4 Å². The summed E-state index contributed by atoms with van der Waals surface area (Å²) in [5.41, 5.74) is 3.94. The second kappa shape index (κ2) is 13.7. The van der Waals surface area contributed by atoms with Crippen LogP contribution in [0.25, 0.3) is 11.1 Å². The highest BCUT2D eigenvalue weighted by molar-refractivity contribution is 6.32. The van der Waals surface area contributed by atoms with Crippen molar-refractivity contribution in [2.45, 2.75) is 38.1 Å². The molecular formula is C34H29Cl2F2NO7. The number of nitrogens with one attached hydrogen (secondary N) is 1. The molecule has 0 fully saturated rings. The molecular weight excluding hydrogens is 643 g/mol. The Kier molecular flexibility index (Phi) is 9.51. The van der Waals surface area contributed by atoms with Gasteiger partial charge in [-0.25, -0.2) is 8.78 Å². The minimum absolute atomic E-state index is 0.00646. The van der Waals surface area contributed by atoms with Crippen LogP contribution in [0, 0.1) is 11.6 Å². The van der Waals surface area contributed by atoms with Crippen molar-refractivity contribution in [3.05, 3.63) is 105 Å². The largest absolute Gasteiger partial charge is 0.488 e. The lowest BCUT2D eigenvalue weighted by Crippen LogP contribution is -2.39. The van der Waals surface area contributed by atoms with Gasteiger partial charge in [-0.05, 0) is 71.5 Å². The summed E-state index contributed by atoms with van der Waals surface area (Å²) in [5.74, 6) is -1.12. The molecule has 8 nitrogen and oxygen atoms in total. The zero-order valence-electron chi connectivity index (χ0n) is 24.3. The number of aliphatic carboxylic acids is 1. The van der Waals surface area contributed by atoms with Gasteiger partial charge in [0.1, 0.15) is 49.3 Å². The fraction of sp³-hybridized carbons (Fsp3) is 0.265. The topological polar surface area (TPSA) is 106 Å². The molecule has 0 amide bonds. The lowest BCUT2D eigenvalue weighted by Gasteiger charge is -2.21. The van der Waals surface area contributed by atoms with E-state index in [1.54, 1.807) is 30.3 Å². The minimum Gasteiger partial charge on any atom is -0.488 e. The van der Waals surface area contributed by atoms with Gasteiger partial charge in [0.15, 0.2) is 17.3 Å². The van der Waals surface area contributed by atoms with Crippen LogP contribution in [0.5, 0.6) is 23.0 Å². The van der Waals surface area contributed by atoms with Crippen LogP contribution in [0.2, 0.25) is 10.0 Å². The SMILES string of the molecule is O=C(O)[C@H](CO)NCc1cc(Cl)c(O[C@H]2CCc3c(-c4ccc5c(c4F)OCCO5)cccc32)cc1OCc1cc(F)cc(Cl)c1. The summed E-state index contributed by atoms with van der Waals surface area (Å²) in [5, 5.41) is 22.0. The number of carbonyl (C=O) groups is 1. The zero-order valence-corrected chi connectivity index (χ0v) is 25.8. The van der Waals surface area contributed by atoms with Gasteiger partial charge in [-0.1, -0.05) is 41.4 Å². The van der Waals surface area contributed by atoms with Gasteiger partial charge in [-0.15, -0.1) is 0 Å². The maximum Gasteiger partial charge on any atom is 0.323 e. The van der Waals surface area contributed by atoms with Gasteiger partial charge in [-0.3, -0.25) is 10.1 Å². The lowest BCUT2D eigenvalue weighted by atomic mass is 9.96. The zero-order chi connectivity index (χ0) is 32.4. The van der Waals surface area contributed by atoms with Gasteiger partial charge >= 0.3 is 5.97 Å². The Bertz CT molecular complexity index is 1770. The molecule has 6 rings (SSSR count). The molecule has 3 N–H and O–H groups in total. The van der Waals surface area contributed by atoms with Crippen molar-refractivity contribution in [3.63, 3.8) is 0 Å². The van der Waals surface area contributed by atoms with Crippen molar-refractivity contribution in [1.29, 1.82) is 0 Å². The van der Waals surface area contributed by atoms with Crippen molar-refractivity contribution >= 4 is 29.2 Å². The quantitative estimate of drug-likeness (QED) is 0.158. The highest BCUT2D eigenvalue weighted by atomic mass is 35.5. The predicted octanol–water partition coefficient (Wildman–Crippen LogP) is 6.89. The summed E-state index contributed by atoms with van der Waals surface area (Å²) in [6.07, 6.45) is 0.829. The molecule has 4 aromatic carbocycles. The Morgan fingerprint density at radius 1 is 1.02 bits per heavy atom. The van der Waals surface area contributed by atoms with Gasteiger partial charge in [-0.2, -0.15) is 0 Å². The third-order valence-electron chi connectivity index (χ3n) is 7.87. The van der Waals surface area contributed by atoms with Crippen molar-refractivity contribution < 1.29 is 42.7 Å². The number of carboxylic acids is 1. The van der Waals surface area contributed by atoms with Gasteiger partial charge < -0.3 is 29.2 Å². The number of fused-ring (bicyclic) bond motifs is 2. The molecule has 12 heteroatoms. The number of hydrogen-bond donors (Lipinski definition) is 3. The number of benzene rings is 4. The summed E-state index contributed by atoms with van der Waals surface area (Å²) < 4.78 is 53.1. The van der Waals surface area contributed by atoms with Crippen LogP contribution in [0.4, 0.5) is 8.78 Å². The third-order valence-corrected chi connectivity index (χ3v) is 8.39. The number of halogens is 4. The monoisotopic (exact) mass is 671 g/mol. The summed E-state index contributed by atoms with van der Waals surface area (Å²) in [6.45, 7) is -0.0440. The van der Waals surface area contributed by atoms with E-state index in [1.165, 1.54) is 12.1 Å². The maximum atomic E-state index is 15.6. The first-order valence-corrected chi connectivity index (χ1v) is 15.3. The Morgan fingerprint density at radius 3 is 2.63 bits per heavy atom. The van der Waals surface area contributed by atoms with Crippen molar-refractivity contribution in [1.82, 2.24) is 5.32 Å². The average molecular weight is 673 g/mol. The number of rotatable bonds is 11. The second-order valence-electron chi connectivity index (χ2n) is 10.9. The highest BCUT2D eigenvalue weighted by Crippen LogP contribution is 2.45. The first kappa shape index (κ1) is 31.9. The smallest absolute Gasteiger partial charge is 0.323 e. The number of hydrogen-bond acceptors (Lipinski definition) is 7. The van der Waals surface area contributed by atoms with Gasteiger partial charge in [0.05, 0.1) is 11.6 Å². The Morgan fingerprint density at radius 2 is 1.85 bits per heavy atom. The molecule has 4 aromatic rings. The molecule has 0 saturated heterocycles. The van der Waals surface area contributed by atoms with Crippen molar-refractivity contribution in [2.24, 2.45) is 0 Å². The van der Waals surface area contributed by atoms with Crippen LogP contribution in [0.15, 0.2) is 60.7 Å². The van der Waals surface area contributed by atoms with E-state index in [0.29, 0.717) is 53.4 Å². The van der Waals surface area contributed by atoms with Crippen LogP contribution in [0.3, 0.4) is 0 Å². The van der Waals surface area contributed by atoms with Crippen LogP contribution >= 0.6 is 23.2 Å². The summed E-state index contributed by atoms with van der Waals surface area (Å²) in [6, 6.07) is 15.1. The molecule has 0 radical (unpaired) electrons. The molecule has 1 aliphatic heterocycles. The normalized spacial score (nSPS) is 15.7. The van der Waals surface area contributed by atoms with E-state index in [1.807, 2.05) is 18.2 Å². The molecule has 2 aliphatic rings. The molecule has 0 bridgehead atoms. The average Bonchev–Trinajstić information content (AvgIpc) is 3.44. The molecule has 0 spiro atoms. The standard InChI is InChI=1S/C34H29Cl2F2NO7/c35-20-10-18(11-21(37)13-20)17-45-30-14-31(26(36)12-19(30)15-39-27(16-40)34(41)42)46-28-6-4-23-22(2-1-3-24(23)28)25-5-7-29-33(32(25)38)44-9-8-43-29/h1-3,5,7,10-14,27-28,39-40H,4,6,8-9,15-17H2,(H,41,42)/t27-,28-/m0/s1. The van der Waals surface area contributed by atoms with Crippen LogP contribution in [0.1, 0.15) is 34.8 Å². The molecule has 1 heterocycles. The Balaban J connectivity index is 1.28. The third kappa shape index (κ3) is 6.71. The van der Waals surface area contributed by atoms with E-state index in [2.05, 4.69) is 5.32 Å². The summed E-state index contributed by atoms with van der Waals surface area (Å²) in [4.78, 5) is 11.4. The first-order chi connectivity index (χ1) is 22.2. The molecule has 46 heavy (non-hydrogen) atoms. The highest BCUT2D eigenvalue weighted by Gasteiger charge is 2.30. The fourth-order valence-electron chi connectivity index (χ4n) is 5.69. The number of aliphatic hydroxyl groups is 1. The summed E-state index contributed by atoms with van der Waals surface area (Å²) >= 11 is 12.7. The van der Waals surface area contributed by atoms with E-state index >= 15 is 4.39 Å². The fourth-order valence-corrected chi connectivity index (χ4v) is 6.17. The van der Waals surface area contributed by atoms with Crippen LogP contribution < -0.4 is 24.3 Å². The number of aliphatic hydroxyl groups excluding tert-OH is 1. The van der Waals surface area contributed by atoms with E-state index in [9.17, 15) is 19.4 Å². The molecule has 0 saturated carbocycles. The first-order valence-electron chi connectivity index (χ1n) is 14.6. The second-order valence-corrected chi connectivity index (χ2v) is 11.7. The maximum absolute atomic E-state index is 15.6. The van der Waals surface area contributed by atoms with Crippen LogP contribution in [-0.4, -0.2) is 42.0 Å². The van der Waals surface area contributed by atoms with Gasteiger partial charge in [0.2, 0.25) is 0 Å². The predicted molar refractivity (Wildman–Crippen MR) is 167 cm³/mol. The van der Waals surface area contributed by atoms with Gasteiger partial charge in [0.25, 0.3) is 0 Å². The molecule has 240 valence electrons. The van der Waals surface area contributed by atoms with E-state index in [0.717, 1.165) is 16.7 Å². The van der Waals surface area contributed by atoms with Gasteiger partial charge in [0, 0.05) is 28.8 Å². The number of ether oxygens (including phenoxy) is 4. The number of carboxylic acid groups (broad SMARTS) is 1. The van der Waals surface area contributed by atoms with Crippen molar-refractivity contribution in [3.8, 4) is 34.1 Å². The molecule has 0 unspecified atom stereocenters. The lowest BCUT2D eigenvalue weighted by molar-refractivity contribution is -0.140. The Hall–Kier alpha value is -4.09. The van der Waals surface area contributed by atoms with E-state index in [-0.39, 0.29) is 35.6 Å². The van der Waals surface area contributed by atoms with E-state index in [4.69, 9.17) is 42.1 Å². The molecule has 2 atom stereocenters. The van der Waals surface area contributed by atoms with E-state index < -0.39 is 36.4 Å². The Labute approximate surface area is 273 Å². The summed E-state index contributed by atoms with van der Waals surface area (Å²) in [7, 11) is 0. The molecule has 0 aromatic heterocycles. The van der Waals surface area contributed by atoms with Crippen molar-refractivity contribution in [2.75, 3.05) is 19.8 Å². The molecule has 1 aliphatic carbocycles. The minimum atomic E-state index is -1.22.